The van der Waals surface area contributed by atoms with Gasteiger partial charge in [0.25, 0.3) is 0 Å². The van der Waals surface area contributed by atoms with E-state index in [2.05, 4.69) is 0 Å². The van der Waals surface area contributed by atoms with Crippen molar-refractivity contribution in [3.63, 3.8) is 0 Å². The molecule has 0 aliphatic heterocycles. The maximum atomic E-state index is 10.2. The first-order valence-electron chi connectivity index (χ1n) is 3.44. The molecule has 0 N–H and O–H groups in total. The highest BCUT2D eigenvalue weighted by atomic mass is 35.5. The van der Waals surface area contributed by atoms with Gasteiger partial charge < -0.3 is 4.74 Å². The molecule has 60 valence electrons. The zero-order valence-electron chi connectivity index (χ0n) is 6.56. The Morgan fingerprint density at radius 1 is 1.60 bits per heavy atom. The van der Waals surface area contributed by atoms with Crippen LogP contribution in [0.5, 0.6) is 0 Å². The maximum Gasteiger partial charge on any atom is 0.404 e. The van der Waals surface area contributed by atoms with Crippen LogP contribution in [-0.4, -0.2) is 11.5 Å². The number of hydrogen-bond donors (Lipinski definition) is 0. The van der Waals surface area contributed by atoms with Gasteiger partial charge in [-0.1, -0.05) is 20.3 Å². The third-order valence-electron chi connectivity index (χ3n) is 1.72. The van der Waals surface area contributed by atoms with Gasteiger partial charge in [-0.25, -0.2) is 4.79 Å². The van der Waals surface area contributed by atoms with Crippen molar-refractivity contribution in [2.45, 2.75) is 33.3 Å². The molecule has 3 heteroatoms. The molecule has 0 heterocycles. The molecule has 10 heavy (non-hydrogen) atoms. The SMILES string of the molecule is CCC(C)C(C)OC(=O)Cl. The van der Waals surface area contributed by atoms with Crippen LogP contribution in [0.25, 0.3) is 0 Å². The Labute approximate surface area is 66.5 Å². The molecule has 2 atom stereocenters. The van der Waals surface area contributed by atoms with Crippen molar-refractivity contribution in [3.8, 4) is 0 Å². The first-order valence-corrected chi connectivity index (χ1v) is 3.81. The summed E-state index contributed by atoms with van der Waals surface area (Å²) >= 11 is 5.01. The second kappa shape index (κ2) is 4.56. The predicted octanol–water partition coefficient (Wildman–Crippen LogP) is 2.80. The van der Waals surface area contributed by atoms with Crippen LogP contribution in [0, 0.1) is 5.92 Å². The summed E-state index contributed by atoms with van der Waals surface area (Å²) in [5, 5.41) is 0. The number of halogens is 1. The molecular weight excluding hydrogens is 152 g/mol. The third kappa shape index (κ3) is 3.72. The van der Waals surface area contributed by atoms with Gasteiger partial charge in [-0.05, 0) is 12.8 Å². The summed E-state index contributed by atoms with van der Waals surface area (Å²) < 4.78 is 4.73. The fourth-order valence-corrected chi connectivity index (χ4v) is 0.735. The Hall–Kier alpha value is -0.240. The van der Waals surface area contributed by atoms with E-state index in [0.29, 0.717) is 5.92 Å². The van der Waals surface area contributed by atoms with Gasteiger partial charge in [-0.2, -0.15) is 0 Å². The van der Waals surface area contributed by atoms with Gasteiger partial charge in [0.1, 0.15) is 6.10 Å². The van der Waals surface area contributed by atoms with E-state index in [9.17, 15) is 4.79 Å². The molecular formula is C7H13ClO2. The van der Waals surface area contributed by atoms with Crippen LogP contribution < -0.4 is 0 Å². The topological polar surface area (TPSA) is 26.3 Å². The molecule has 0 aromatic rings. The largest absolute Gasteiger partial charge is 0.450 e. The van der Waals surface area contributed by atoms with E-state index in [1.807, 2.05) is 20.8 Å². The minimum Gasteiger partial charge on any atom is -0.450 e. The number of rotatable bonds is 3. The quantitative estimate of drug-likeness (QED) is 0.600. The number of carbonyl (C=O) groups excluding carboxylic acids is 1. The summed E-state index contributed by atoms with van der Waals surface area (Å²) in [6, 6.07) is 0. The fraction of sp³-hybridized carbons (Fsp3) is 0.857. The van der Waals surface area contributed by atoms with Crippen LogP contribution in [0.3, 0.4) is 0 Å². The highest BCUT2D eigenvalue weighted by Gasteiger charge is 2.12. The van der Waals surface area contributed by atoms with Gasteiger partial charge in [0.15, 0.2) is 0 Å². The highest BCUT2D eigenvalue weighted by molar-refractivity contribution is 6.61. The third-order valence-corrected chi connectivity index (χ3v) is 1.81. The maximum absolute atomic E-state index is 10.2. The minimum absolute atomic E-state index is 0.0741. The molecule has 0 radical (unpaired) electrons. The van der Waals surface area contributed by atoms with Crippen LogP contribution in [-0.2, 0) is 4.74 Å². The van der Waals surface area contributed by atoms with E-state index in [1.165, 1.54) is 0 Å². The Morgan fingerprint density at radius 2 is 2.10 bits per heavy atom. The Morgan fingerprint density at radius 3 is 2.40 bits per heavy atom. The van der Waals surface area contributed by atoms with E-state index in [1.54, 1.807) is 0 Å². The fourth-order valence-electron chi connectivity index (χ4n) is 0.594. The molecule has 0 spiro atoms. The molecule has 0 aromatic heterocycles. The van der Waals surface area contributed by atoms with Gasteiger partial charge in [-0.15, -0.1) is 0 Å². The highest BCUT2D eigenvalue weighted by Crippen LogP contribution is 2.11. The Bertz CT molecular complexity index is 114. The average Bonchev–Trinajstić information content (AvgIpc) is 1.85. The van der Waals surface area contributed by atoms with Gasteiger partial charge in [0.05, 0.1) is 0 Å². The van der Waals surface area contributed by atoms with Gasteiger partial charge in [0.2, 0.25) is 0 Å². The summed E-state index contributed by atoms with van der Waals surface area (Å²) in [4.78, 5) is 10.2. The predicted molar refractivity (Wildman–Crippen MR) is 41.3 cm³/mol. The molecule has 0 fully saturated rings. The minimum atomic E-state index is -0.715. The van der Waals surface area contributed by atoms with Crippen LogP contribution in [0.2, 0.25) is 0 Å². The van der Waals surface area contributed by atoms with Crippen molar-refractivity contribution in [3.05, 3.63) is 0 Å². The standard InChI is InChI=1S/C7H13ClO2/c1-4-5(2)6(3)10-7(8)9/h5-6H,4H2,1-3H3. The van der Waals surface area contributed by atoms with Crippen LogP contribution >= 0.6 is 11.6 Å². The molecule has 2 nitrogen and oxygen atoms in total. The van der Waals surface area contributed by atoms with Crippen molar-refractivity contribution in [2.75, 3.05) is 0 Å². The lowest BCUT2D eigenvalue weighted by molar-refractivity contribution is 0.0968. The summed E-state index contributed by atoms with van der Waals surface area (Å²) in [6.45, 7) is 5.90. The van der Waals surface area contributed by atoms with E-state index in [0.717, 1.165) is 6.42 Å². The van der Waals surface area contributed by atoms with E-state index >= 15 is 0 Å². The van der Waals surface area contributed by atoms with Crippen LogP contribution in [0.4, 0.5) is 4.79 Å². The molecule has 0 aromatic carbocycles. The number of hydrogen-bond acceptors (Lipinski definition) is 2. The number of ether oxygens (including phenoxy) is 1. The van der Waals surface area contributed by atoms with E-state index in [-0.39, 0.29) is 6.10 Å². The molecule has 0 aliphatic rings. The van der Waals surface area contributed by atoms with Crippen LogP contribution in [0.15, 0.2) is 0 Å². The Kier molecular flexibility index (Phi) is 4.45. The number of carbonyl (C=O) groups is 1. The smallest absolute Gasteiger partial charge is 0.404 e. The Balaban J connectivity index is 3.61. The molecule has 0 amide bonds. The second-order valence-corrected chi connectivity index (χ2v) is 2.75. The summed E-state index contributed by atoms with van der Waals surface area (Å²) in [7, 11) is 0. The molecule has 0 bridgehead atoms. The van der Waals surface area contributed by atoms with Crippen molar-refractivity contribution >= 4 is 17.0 Å². The first-order chi connectivity index (χ1) is 4.57. The summed E-state index contributed by atoms with van der Waals surface area (Å²) in [5.41, 5.74) is -0.715. The van der Waals surface area contributed by atoms with E-state index in [4.69, 9.17) is 16.3 Å². The van der Waals surface area contributed by atoms with Crippen LogP contribution in [0.1, 0.15) is 27.2 Å². The van der Waals surface area contributed by atoms with Gasteiger partial charge in [-0.3, -0.25) is 0 Å². The monoisotopic (exact) mass is 164 g/mol. The van der Waals surface area contributed by atoms with Gasteiger partial charge in [0, 0.05) is 11.6 Å². The molecule has 0 rings (SSSR count). The molecule has 0 saturated carbocycles. The molecule has 0 saturated heterocycles. The summed E-state index contributed by atoms with van der Waals surface area (Å²) in [5.74, 6) is 0.377. The zero-order chi connectivity index (χ0) is 8.15. The van der Waals surface area contributed by atoms with Gasteiger partial charge >= 0.3 is 5.43 Å². The lowest BCUT2D eigenvalue weighted by Gasteiger charge is -2.16. The second-order valence-electron chi connectivity index (χ2n) is 2.45. The molecule has 0 aliphatic carbocycles. The van der Waals surface area contributed by atoms with E-state index < -0.39 is 5.43 Å². The lowest BCUT2D eigenvalue weighted by atomic mass is 10.0. The van der Waals surface area contributed by atoms with Crippen molar-refractivity contribution < 1.29 is 9.53 Å². The van der Waals surface area contributed by atoms with Crippen molar-refractivity contribution in [1.82, 2.24) is 0 Å². The first kappa shape index (κ1) is 9.76. The summed E-state index contributed by atoms with van der Waals surface area (Å²) in [6.07, 6.45) is 0.917. The zero-order valence-corrected chi connectivity index (χ0v) is 7.31. The average molecular weight is 165 g/mol. The normalized spacial score (nSPS) is 16.0. The van der Waals surface area contributed by atoms with Crippen molar-refractivity contribution in [2.24, 2.45) is 5.92 Å². The molecule has 2 unspecified atom stereocenters. The van der Waals surface area contributed by atoms with Crippen molar-refractivity contribution in [1.29, 1.82) is 0 Å². The lowest BCUT2D eigenvalue weighted by Crippen LogP contribution is -2.18.